The van der Waals surface area contributed by atoms with E-state index in [1.807, 2.05) is 0 Å². The number of nitrogens with zero attached hydrogens (tertiary/aromatic N) is 1. The van der Waals surface area contributed by atoms with Crippen LogP contribution < -0.4 is 5.32 Å². The summed E-state index contributed by atoms with van der Waals surface area (Å²) in [5.41, 5.74) is 2.88. The Balaban J connectivity index is 2.14. The zero-order valence-corrected chi connectivity index (χ0v) is 8.16. The number of piperidine rings is 1. The van der Waals surface area contributed by atoms with E-state index in [1.165, 1.54) is 24.0 Å². The average molecular weight is 174 g/mol. The summed E-state index contributed by atoms with van der Waals surface area (Å²) in [5.74, 6) is 0.761. The molecule has 0 N–H and O–H groups in total. The van der Waals surface area contributed by atoms with E-state index in [-0.39, 0.29) is 0 Å². The molecule has 0 aromatic heterocycles. The van der Waals surface area contributed by atoms with Crippen LogP contribution in [0.3, 0.4) is 0 Å². The summed E-state index contributed by atoms with van der Waals surface area (Å²) in [6, 6.07) is 8.89. The van der Waals surface area contributed by atoms with E-state index < -0.39 is 0 Å². The van der Waals surface area contributed by atoms with Gasteiger partial charge in [-0.1, -0.05) is 29.8 Å². The normalized spacial score (nSPS) is 18.8. The van der Waals surface area contributed by atoms with Gasteiger partial charge in [0.15, 0.2) is 0 Å². The molecule has 1 saturated heterocycles. The first-order valence-electron chi connectivity index (χ1n) is 5.06. The van der Waals surface area contributed by atoms with E-state index in [2.05, 4.69) is 36.5 Å². The van der Waals surface area contributed by atoms with Gasteiger partial charge in [-0.05, 0) is 31.2 Å². The van der Waals surface area contributed by atoms with Crippen molar-refractivity contribution in [2.45, 2.75) is 25.7 Å². The molecule has 1 aromatic carbocycles. The lowest BCUT2D eigenvalue weighted by atomic mass is 9.89. The Bertz CT molecular complexity index is 274. The molecule has 0 amide bonds. The number of hydrogen-bond donors (Lipinski definition) is 0. The molecule has 1 heteroatoms. The zero-order valence-electron chi connectivity index (χ0n) is 8.16. The number of hydrogen-bond acceptors (Lipinski definition) is 0. The van der Waals surface area contributed by atoms with Crippen LogP contribution in [-0.2, 0) is 0 Å². The summed E-state index contributed by atoms with van der Waals surface area (Å²) in [5, 5.41) is 4.38. The lowest BCUT2D eigenvalue weighted by Crippen LogP contribution is -2.20. The van der Waals surface area contributed by atoms with Crippen LogP contribution in [0, 0.1) is 6.92 Å². The summed E-state index contributed by atoms with van der Waals surface area (Å²) in [6.45, 7) is 4.27. The van der Waals surface area contributed by atoms with E-state index in [0.717, 1.165) is 19.0 Å². The van der Waals surface area contributed by atoms with Gasteiger partial charge in [-0.15, -0.1) is 0 Å². The van der Waals surface area contributed by atoms with E-state index in [1.54, 1.807) is 0 Å². The molecule has 13 heavy (non-hydrogen) atoms. The topological polar surface area (TPSA) is 14.1 Å². The van der Waals surface area contributed by atoms with Crippen LogP contribution in [0.4, 0.5) is 0 Å². The summed E-state index contributed by atoms with van der Waals surface area (Å²) < 4.78 is 0. The highest BCUT2D eigenvalue weighted by Crippen LogP contribution is 2.25. The molecule has 1 heterocycles. The zero-order chi connectivity index (χ0) is 9.10. The number of aryl methyl sites for hydroxylation is 1. The van der Waals surface area contributed by atoms with Gasteiger partial charge in [0.25, 0.3) is 0 Å². The largest absolute Gasteiger partial charge is 0.242 e. The second-order valence-electron chi connectivity index (χ2n) is 3.86. The molecule has 2 rings (SSSR count). The van der Waals surface area contributed by atoms with E-state index in [0.29, 0.717) is 0 Å². The van der Waals surface area contributed by atoms with Crippen molar-refractivity contribution in [2.24, 2.45) is 0 Å². The molecule has 1 nitrogen and oxygen atoms in total. The summed E-state index contributed by atoms with van der Waals surface area (Å²) in [6.07, 6.45) is 2.48. The minimum Gasteiger partial charge on any atom is -0.242 e. The van der Waals surface area contributed by atoms with Gasteiger partial charge in [0, 0.05) is 13.1 Å². The predicted octanol–water partition coefficient (Wildman–Crippen LogP) is 2.48. The molecule has 1 aliphatic heterocycles. The van der Waals surface area contributed by atoms with Crippen LogP contribution >= 0.6 is 0 Å². The van der Waals surface area contributed by atoms with Crippen LogP contribution in [-0.4, -0.2) is 13.1 Å². The Morgan fingerprint density at radius 1 is 1.23 bits per heavy atom. The molecular formula is C12H16N. The fraction of sp³-hybridized carbons (Fsp3) is 0.500. The van der Waals surface area contributed by atoms with Gasteiger partial charge < -0.3 is 0 Å². The maximum atomic E-state index is 4.38. The van der Waals surface area contributed by atoms with E-state index in [4.69, 9.17) is 0 Å². The first-order valence-corrected chi connectivity index (χ1v) is 5.06. The maximum absolute atomic E-state index is 4.38. The van der Waals surface area contributed by atoms with Gasteiger partial charge in [-0.25, -0.2) is 5.32 Å². The van der Waals surface area contributed by atoms with Crippen LogP contribution in [0.5, 0.6) is 0 Å². The molecule has 1 aromatic rings. The first-order chi connectivity index (χ1) is 6.36. The molecule has 0 unspecified atom stereocenters. The van der Waals surface area contributed by atoms with Gasteiger partial charge in [0.05, 0.1) is 0 Å². The smallest absolute Gasteiger partial charge is 0.0139 e. The Morgan fingerprint density at radius 3 is 2.69 bits per heavy atom. The van der Waals surface area contributed by atoms with Crippen LogP contribution in [0.15, 0.2) is 24.3 Å². The number of rotatable bonds is 1. The van der Waals surface area contributed by atoms with Crippen molar-refractivity contribution >= 4 is 0 Å². The van der Waals surface area contributed by atoms with Crippen LogP contribution in [0.25, 0.3) is 0 Å². The molecule has 0 spiro atoms. The molecule has 0 saturated carbocycles. The summed E-state index contributed by atoms with van der Waals surface area (Å²) >= 11 is 0. The standard InChI is InChI=1S/C12H16N/c1-10-3-2-4-12(9-10)11-5-7-13-8-6-11/h2-4,9,11H,5-8H2,1H3. The highest BCUT2D eigenvalue weighted by atomic mass is 14.9. The fourth-order valence-electron chi connectivity index (χ4n) is 2.01. The molecule has 0 aliphatic carbocycles. The Kier molecular flexibility index (Phi) is 2.65. The van der Waals surface area contributed by atoms with E-state index in [9.17, 15) is 0 Å². The quantitative estimate of drug-likeness (QED) is 0.621. The molecule has 1 radical (unpaired) electrons. The molecule has 69 valence electrons. The summed E-state index contributed by atoms with van der Waals surface area (Å²) in [7, 11) is 0. The molecular weight excluding hydrogens is 158 g/mol. The molecule has 0 bridgehead atoms. The molecule has 0 atom stereocenters. The minimum atomic E-state index is 0.761. The van der Waals surface area contributed by atoms with Crippen molar-refractivity contribution in [1.82, 2.24) is 5.32 Å². The fourth-order valence-corrected chi connectivity index (χ4v) is 2.01. The third-order valence-electron chi connectivity index (χ3n) is 2.78. The highest BCUT2D eigenvalue weighted by molar-refractivity contribution is 5.25. The Hall–Kier alpha value is -0.820. The van der Waals surface area contributed by atoms with Crippen molar-refractivity contribution in [3.8, 4) is 0 Å². The van der Waals surface area contributed by atoms with Crippen LogP contribution in [0.2, 0.25) is 0 Å². The second-order valence-corrected chi connectivity index (χ2v) is 3.86. The van der Waals surface area contributed by atoms with Crippen LogP contribution in [0.1, 0.15) is 29.9 Å². The average Bonchev–Trinajstić information content (AvgIpc) is 2.19. The van der Waals surface area contributed by atoms with Crippen molar-refractivity contribution in [2.75, 3.05) is 13.1 Å². The van der Waals surface area contributed by atoms with E-state index >= 15 is 0 Å². The van der Waals surface area contributed by atoms with Crippen molar-refractivity contribution in [3.63, 3.8) is 0 Å². The second kappa shape index (κ2) is 3.93. The molecule has 1 fully saturated rings. The Morgan fingerprint density at radius 2 is 2.00 bits per heavy atom. The van der Waals surface area contributed by atoms with Gasteiger partial charge >= 0.3 is 0 Å². The predicted molar refractivity (Wildman–Crippen MR) is 55.0 cm³/mol. The Labute approximate surface area is 80.2 Å². The highest BCUT2D eigenvalue weighted by Gasteiger charge is 2.15. The van der Waals surface area contributed by atoms with Gasteiger partial charge in [0.2, 0.25) is 0 Å². The minimum absolute atomic E-state index is 0.761. The first kappa shape index (κ1) is 8.76. The van der Waals surface area contributed by atoms with Crippen molar-refractivity contribution in [3.05, 3.63) is 35.4 Å². The van der Waals surface area contributed by atoms with Gasteiger partial charge in [-0.2, -0.15) is 0 Å². The third kappa shape index (κ3) is 2.10. The number of benzene rings is 1. The van der Waals surface area contributed by atoms with Gasteiger partial charge in [-0.3, -0.25) is 0 Å². The third-order valence-corrected chi connectivity index (χ3v) is 2.78. The SMILES string of the molecule is Cc1cccc(C2CC[N]CC2)c1. The maximum Gasteiger partial charge on any atom is 0.0139 e. The summed E-state index contributed by atoms with van der Waals surface area (Å²) in [4.78, 5) is 0. The monoisotopic (exact) mass is 174 g/mol. The lowest BCUT2D eigenvalue weighted by Gasteiger charge is -2.22. The van der Waals surface area contributed by atoms with Crippen molar-refractivity contribution < 1.29 is 0 Å². The molecule has 1 aliphatic rings. The van der Waals surface area contributed by atoms with Gasteiger partial charge in [0.1, 0.15) is 0 Å². The lowest BCUT2D eigenvalue weighted by molar-refractivity contribution is 0.453. The van der Waals surface area contributed by atoms with Crippen molar-refractivity contribution in [1.29, 1.82) is 0 Å².